The normalized spacial score (nSPS) is 37.0. The molecule has 8 aliphatic rings. The van der Waals surface area contributed by atoms with Crippen LogP contribution in [0.4, 0.5) is 0 Å². The lowest BCUT2D eigenvalue weighted by Gasteiger charge is -2.68. The maximum atomic E-state index is 12.9. The number of nitrogens with zero attached hydrogens (tertiary/aromatic N) is 1. The number of rotatable bonds is 8. The van der Waals surface area contributed by atoms with E-state index in [9.17, 15) is 74.7 Å². The second-order valence-electron chi connectivity index (χ2n) is 23.1. The first-order chi connectivity index (χ1) is 37.4. The number of aryl methyl sites for hydroxylation is 1. The van der Waals surface area contributed by atoms with Crippen molar-refractivity contribution >= 4 is 46.5 Å². The van der Waals surface area contributed by atoms with Crippen LogP contribution in [0.1, 0.15) is 134 Å². The summed E-state index contributed by atoms with van der Waals surface area (Å²) in [5, 5.41) is 113. The van der Waals surface area contributed by atoms with Crippen molar-refractivity contribution in [2.24, 2.45) is 29.1 Å². The highest BCUT2D eigenvalue weighted by Gasteiger charge is 2.89. The number of aliphatic hydroxyl groups excluding tert-OH is 1. The second-order valence-corrected chi connectivity index (χ2v) is 24.0. The molecule has 3 saturated heterocycles. The standard InChI is InChI=1S/C32H49NO9.C22H16O12.H2O4S/c1-6-18(3)25(35)41-24-11-12-26(4)19-8-9-20-28(37)13-23(34)31(39)21(29(28,38)16-30(20,26)42-32(19,24)40)15-33-14-17(2)7-10-22(33)27(31,5)36;1-8-5-12(24)10(6-23)19-15(8)22(31)34-20-11(7-32-14(27)4-3-13(25)26)17(28)16(21(29)30)9(2)18(20)33-19;1-5(2,3)4/h6,17,19-24,34,36-40H,7-16H2,1-5H3;3-6,24,28H,7H2,1-2H3,(H,25,26)(H,29,30);(H2,1,2,3,4). The van der Waals surface area contributed by atoms with Crippen LogP contribution in [-0.2, 0) is 45.6 Å². The van der Waals surface area contributed by atoms with E-state index in [0.717, 1.165) is 12.5 Å². The van der Waals surface area contributed by atoms with Gasteiger partial charge in [0.15, 0.2) is 29.6 Å². The van der Waals surface area contributed by atoms with E-state index >= 15 is 0 Å². The Bertz CT molecular complexity index is 3170. The summed E-state index contributed by atoms with van der Waals surface area (Å²) in [5.41, 5.74) is -10.8. The molecule has 14 atom stereocenters. The topological polar surface area (TPSA) is 429 Å². The Morgan fingerprint density at radius 3 is 2.12 bits per heavy atom. The lowest BCUT2D eigenvalue weighted by atomic mass is 9.49. The fourth-order valence-corrected chi connectivity index (χ4v) is 15.1. The van der Waals surface area contributed by atoms with Crippen LogP contribution in [-0.4, -0.2) is 175 Å². The molecule has 7 fully saturated rings. The first-order valence-electron chi connectivity index (χ1n) is 26.1. The van der Waals surface area contributed by atoms with Gasteiger partial charge in [-0.1, -0.05) is 19.9 Å². The number of hydrogen-bond donors (Lipinski definition) is 12. The average Bonchev–Trinajstić information content (AvgIpc) is 1.69. The number of aliphatic hydroxyl groups is 6. The van der Waals surface area contributed by atoms with E-state index in [-0.39, 0.29) is 54.2 Å². The van der Waals surface area contributed by atoms with Gasteiger partial charge in [-0.2, -0.15) is 8.42 Å². The quantitative estimate of drug-likeness (QED) is 0.0594. The molecule has 10 rings (SSSR count). The van der Waals surface area contributed by atoms with Crippen LogP contribution >= 0.6 is 0 Å². The molecule has 1 spiro atoms. The van der Waals surface area contributed by atoms with Crippen LogP contribution in [0, 0.1) is 42.9 Å². The number of carbonyl (C=O) groups is 6. The van der Waals surface area contributed by atoms with Gasteiger partial charge < -0.3 is 74.7 Å². The predicted molar refractivity (Wildman–Crippen MR) is 273 cm³/mol. The number of allylic oxidation sites excluding steroid dienone is 1. The molecule has 4 saturated carbocycles. The Labute approximate surface area is 463 Å². The third-order valence-corrected chi connectivity index (χ3v) is 18.9. The fourth-order valence-electron chi connectivity index (χ4n) is 15.1. The molecule has 4 bridgehead atoms. The van der Waals surface area contributed by atoms with Gasteiger partial charge in [-0.15, -0.1) is 0 Å². The number of carboxylic acid groups (broad SMARTS) is 2. The minimum atomic E-state index is -4.67. The van der Waals surface area contributed by atoms with Crippen LogP contribution in [0.5, 0.6) is 28.7 Å². The molecule has 0 aromatic heterocycles. The molecule has 444 valence electrons. The summed E-state index contributed by atoms with van der Waals surface area (Å²) >= 11 is 0. The molecule has 4 heterocycles. The van der Waals surface area contributed by atoms with Crippen molar-refractivity contribution in [3.63, 3.8) is 0 Å². The summed E-state index contributed by atoms with van der Waals surface area (Å²) in [4.78, 5) is 73.5. The van der Waals surface area contributed by atoms with Crippen LogP contribution in [0.3, 0.4) is 0 Å². The first kappa shape index (κ1) is 61.0. The number of aldehydes is 1. The molecule has 0 amide bonds. The van der Waals surface area contributed by atoms with Crippen molar-refractivity contribution in [2.75, 3.05) is 13.1 Å². The summed E-state index contributed by atoms with van der Waals surface area (Å²) in [7, 11) is -4.67. The van der Waals surface area contributed by atoms with Crippen molar-refractivity contribution < 1.29 is 121 Å². The molecule has 14 unspecified atom stereocenters. The third-order valence-electron chi connectivity index (χ3n) is 18.9. The molecular weight excluding hydrogens is 1090 g/mol. The van der Waals surface area contributed by atoms with Crippen molar-refractivity contribution in [1.82, 2.24) is 4.90 Å². The second kappa shape index (κ2) is 20.6. The number of piperidine rings is 2. The number of ether oxygens (including phenoxy) is 5. The summed E-state index contributed by atoms with van der Waals surface area (Å²) in [6.07, 6.45) is 3.60. The van der Waals surface area contributed by atoms with Crippen molar-refractivity contribution in [1.29, 1.82) is 0 Å². The zero-order valence-corrected chi connectivity index (χ0v) is 46.1. The smallest absolute Gasteiger partial charge is 0.394 e. The van der Waals surface area contributed by atoms with Crippen molar-refractivity contribution in [3.8, 4) is 28.7 Å². The third kappa shape index (κ3) is 9.37. The van der Waals surface area contributed by atoms with Crippen LogP contribution in [0.15, 0.2) is 29.9 Å². The maximum absolute atomic E-state index is 12.9. The van der Waals surface area contributed by atoms with Gasteiger partial charge in [0.2, 0.25) is 5.79 Å². The number of phenolic OH excluding ortho intramolecular Hbond substituents is 1. The molecule has 4 aliphatic carbocycles. The zero-order valence-electron chi connectivity index (χ0n) is 45.2. The summed E-state index contributed by atoms with van der Waals surface area (Å²) in [5.74, 6) is -12.0. The Morgan fingerprint density at radius 2 is 1.52 bits per heavy atom. The van der Waals surface area contributed by atoms with E-state index in [2.05, 4.69) is 11.8 Å². The van der Waals surface area contributed by atoms with Gasteiger partial charge in [0, 0.05) is 78.4 Å². The van der Waals surface area contributed by atoms with E-state index in [4.69, 9.17) is 46.3 Å². The molecule has 26 nitrogen and oxygen atoms in total. The minimum absolute atomic E-state index is 0.0606. The van der Waals surface area contributed by atoms with Crippen molar-refractivity contribution in [3.05, 3.63) is 63.2 Å². The number of aromatic hydroxyl groups is 2. The minimum Gasteiger partial charge on any atom is -0.507 e. The Balaban J connectivity index is 0.000000200. The molecule has 27 heteroatoms. The van der Waals surface area contributed by atoms with Crippen LogP contribution in [0.2, 0.25) is 0 Å². The van der Waals surface area contributed by atoms with Crippen LogP contribution in [0.25, 0.3) is 0 Å². The molecule has 12 N–H and O–H groups in total. The summed E-state index contributed by atoms with van der Waals surface area (Å²) < 4.78 is 60.1. The molecule has 2 aromatic rings. The van der Waals surface area contributed by atoms with Crippen LogP contribution < -0.4 is 9.47 Å². The van der Waals surface area contributed by atoms with Gasteiger partial charge in [0.1, 0.15) is 51.6 Å². The number of aliphatic carboxylic acids is 1. The van der Waals surface area contributed by atoms with Gasteiger partial charge >= 0.3 is 40.2 Å². The largest absolute Gasteiger partial charge is 0.507 e. The number of carboxylic acids is 2. The number of esters is 3. The number of hydrogen-bond acceptors (Lipinski definition) is 22. The summed E-state index contributed by atoms with van der Waals surface area (Å²) in [6, 6.07) is 0.745. The van der Waals surface area contributed by atoms with Gasteiger partial charge in [-0.05, 0) is 90.7 Å². The van der Waals surface area contributed by atoms with E-state index < -0.39 is 156 Å². The molecule has 2 aromatic carbocycles. The van der Waals surface area contributed by atoms with Gasteiger partial charge in [0.05, 0.1) is 22.8 Å². The fraction of sp³-hybridized carbons (Fsp3) is 0.593. The number of phenols is 2. The highest BCUT2D eigenvalue weighted by molar-refractivity contribution is 7.79. The number of fused-ring (bicyclic) bond motifs is 7. The number of aromatic carboxylic acids is 1. The van der Waals surface area contributed by atoms with E-state index in [1.807, 2.05) is 6.92 Å². The maximum Gasteiger partial charge on any atom is 0.394 e. The first-order valence-corrected chi connectivity index (χ1v) is 27.5. The highest BCUT2D eigenvalue weighted by atomic mass is 32.3. The SMILES string of the molecule is CC=C(C)C(=O)OC1CCC2(C)C3CCC4C5(O)CC(O)C6(O)C(CN7CC(C)CCC7C6(C)O)C5(O)CC42OC13O.Cc1cc(O)c(C=O)c2c1C(=O)Oc1c(COC(=O)C=CC(=O)O)c(O)c(C(=O)O)c(C)c1O2.O=S(=O)(O)O. The van der Waals surface area contributed by atoms with Gasteiger partial charge in [-0.25, -0.2) is 24.0 Å². The van der Waals surface area contributed by atoms with Gasteiger partial charge in [-0.3, -0.25) is 18.8 Å². The predicted octanol–water partition coefficient (Wildman–Crippen LogP) is 2.57. The van der Waals surface area contributed by atoms with E-state index in [0.29, 0.717) is 62.3 Å². The Morgan fingerprint density at radius 1 is 0.877 bits per heavy atom. The Hall–Kier alpha value is -6.11. The summed E-state index contributed by atoms with van der Waals surface area (Å²) in [6.45, 7) is 11.9. The lowest BCUT2D eigenvalue weighted by Crippen LogP contribution is -2.85. The Kier molecular flexibility index (Phi) is 15.5. The zero-order chi connectivity index (χ0) is 60.3. The average molecular weight is 1160 g/mol. The number of carbonyl (C=O) groups excluding carboxylic acids is 4. The monoisotopic (exact) mass is 1160 g/mol. The van der Waals surface area contributed by atoms with Gasteiger partial charge in [0.25, 0.3) is 0 Å². The van der Waals surface area contributed by atoms with E-state index in [1.54, 1.807) is 26.8 Å². The molecule has 4 aliphatic heterocycles. The van der Waals surface area contributed by atoms with E-state index in [1.165, 1.54) is 13.8 Å². The molecule has 81 heavy (non-hydrogen) atoms. The molecular formula is C54H67NO25S. The number of benzene rings is 2. The molecule has 0 radical (unpaired) electrons. The lowest BCUT2D eigenvalue weighted by molar-refractivity contribution is -0.354. The van der Waals surface area contributed by atoms with Crippen molar-refractivity contribution in [2.45, 2.75) is 158 Å². The highest BCUT2D eigenvalue weighted by Crippen LogP contribution is 2.78.